The average molecular weight is 63.1 g/mol. The zero-order chi connectivity index (χ0) is 3.58. The van der Waals surface area contributed by atoms with Gasteiger partial charge in [0.05, 0.1) is 0 Å². The fourth-order valence-corrected chi connectivity index (χ4v) is 0. The highest BCUT2D eigenvalue weighted by molar-refractivity contribution is 3.66. The summed E-state index contributed by atoms with van der Waals surface area (Å²) < 4.78 is 0. The van der Waals surface area contributed by atoms with Crippen LogP contribution in [-0.4, -0.2) is 22.7 Å². The smallest absolute Gasteiger partial charge is 0.0400 e. The first kappa shape index (κ1) is 3.88. The van der Waals surface area contributed by atoms with Gasteiger partial charge in [0.25, 0.3) is 0 Å². The lowest BCUT2D eigenvalue weighted by molar-refractivity contribution is -0.287. The molecule has 0 aromatic rings. The Bertz CT molecular complexity index is 10.8. The lowest BCUT2D eigenvalue weighted by atomic mass is 11.5. The highest BCUT2D eigenvalue weighted by Gasteiger charge is 1.61. The molecule has 3 heteroatoms. The van der Waals surface area contributed by atoms with E-state index >= 15 is 0 Å². The van der Waals surface area contributed by atoms with Crippen molar-refractivity contribution in [2.24, 2.45) is 0 Å². The fourth-order valence-electron chi connectivity index (χ4n) is 0. The molecule has 0 saturated heterocycles. The molecule has 0 fully saturated rings. The van der Waals surface area contributed by atoms with Crippen molar-refractivity contribution in [3.63, 3.8) is 0 Å². The fraction of sp³-hybridized carbons (Fsp3) is 1.00. The summed E-state index contributed by atoms with van der Waals surface area (Å²) >= 11 is 0. The van der Waals surface area contributed by atoms with Crippen LogP contribution in [0.5, 0.6) is 0 Å². The molecule has 0 aromatic carbocycles. The van der Waals surface area contributed by atoms with E-state index in [0.717, 1.165) is 7.05 Å². The largest absolute Gasteiger partial charge is 0.290 e. The van der Waals surface area contributed by atoms with Gasteiger partial charge in [-0.2, -0.15) is 0 Å². The molecule has 0 aliphatic carbocycles. The summed E-state index contributed by atoms with van der Waals surface area (Å²) in [5, 5.41) is 14.9. The van der Waals surface area contributed by atoms with Crippen molar-refractivity contribution in [1.82, 2.24) is 5.23 Å². The summed E-state index contributed by atoms with van der Waals surface area (Å²) in [6, 6.07) is 0. The molecular formula is CH5NO2. The molecule has 0 unspecified atom stereocenters. The predicted molar refractivity (Wildman–Crippen MR) is 11.3 cm³/mol. The molecule has 26 valence electrons. The first-order chi connectivity index (χ1) is 1.73. The van der Waals surface area contributed by atoms with E-state index in [-0.39, 0.29) is 5.23 Å². The molecule has 0 saturated carbocycles. The van der Waals surface area contributed by atoms with E-state index in [1.165, 1.54) is 0 Å². The third kappa shape index (κ3) is 101. The van der Waals surface area contributed by atoms with Gasteiger partial charge in [0.2, 0.25) is 0 Å². The van der Waals surface area contributed by atoms with Crippen molar-refractivity contribution >= 4 is 0 Å². The maximum atomic E-state index is 7.44. The molecule has 3 nitrogen and oxygen atoms in total. The van der Waals surface area contributed by atoms with Crippen molar-refractivity contribution < 1.29 is 10.4 Å². The first-order valence-corrected chi connectivity index (χ1v) is 0.847. The van der Waals surface area contributed by atoms with E-state index in [0.29, 0.717) is 0 Å². The lowest BCUT2D eigenvalue weighted by Crippen LogP contribution is -2.02. The number of hydroxylamine groups is 2. The number of hydrogen-bond donors (Lipinski definition) is 2. The van der Waals surface area contributed by atoms with Crippen molar-refractivity contribution in [2.75, 3.05) is 7.05 Å². The Hall–Kier alpha value is -0.120. The van der Waals surface area contributed by atoms with E-state index < -0.39 is 0 Å². The van der Waals surface area contributed by atoms with Crippen molar-refractivity contribution in [1.29, 1.82) is 0 Å². The van der Waals surface area contributed by atoms with Gasteiger partial charge in [-0.05, 0) is 0 Å². The third-order valence-electron chi connectivity index (χ3n) is 0. The summed E-state index contributed by atoms with van der Waals surface area (Å²) in [5.74, 6) is 0. The Balaban J connectivity index is 2.32. The maximum absolute atomic E-state index is 7.44. The van der Waals surface area contributed by atoms with Gasteiger partial charge >= 0.3 is 0 Å². The van der Waals surface area contributed by atoms with Crippen LogP contribution in [0.2, 0.25) is 0 Å². The van der Waals surface area contributed by atoms with Gasteiger partial charge in [0.15, 0.2) is 0 Å². The predicted octanol–water partition coefficient (Wildman–Crippen LogP) is -0.303. The van der Waals surface area contributed by atoms with Crippen LogP contribution in [0.15, 0.2) is 0 Å². The summed E-state index contributed by atoms with van der Waals surface area (Å²) in [7, 11) is 1.11. The van der Waals surface area contributed by atoms with Crippen LogP contribution in [-0.2, 0) is 0 Å². The summed E-state index contributed by atoms with van der Waals surface area (Å²) in [6.45, 7) is 0. The van der Waals surface area contributed by atoms with Gasteiger partial charge in [-0.1, -0.05) is 5.23 Å². The maximum Gasteiger partial charge on any atom is 0.0400 e. The molecule has 0 aliphatic rings. The van der Waals surface area contributed by atoms with E-state index in [2.05, 4.69) is 0 Å². The quantitative estimate of drug-likeness (QED) is 0.379. The van der Waals surface area contributed by atoms with Crippen LogP contribution >= 0.6 is 0 Å². The lowest BCUT2D eigenvalue weighted by Gasteiger charge is -1.87. The first-order valence-electron chi connectivity index (χ1n) is 0.847. The van der Waals surface area contributed by atoms with Crippen LogP contribution in [0.25, 0.3) is 0 Å². The van der Waals surface area contributed by atoms with E-state index in [9.17, 15) is 0 Å². The van der Waals surface area contributed by atoms with Crippen molar-refractivity contribution in [2.45, 2.75) is 0 Å². The molecule has 0 aliphatic heterocycles. The zero-order valence-electron chi connectivity index (χ0n) is 2.34. The Morgan fingerprint density at radius 2 is 1.50 bits per heavy atom. The molecule has 0 aromatic heterocycles. The standard InChI is InChI=1S/CH5NO2/c1-2(3)4/h3-4H,1H3. The summed E-state index contributed by atoms with van der Waals surface area (Å²) in [6.07, 6.45) is 0. The molecule has 0 atom stereocenters. The topological polar surface area (TPSA) is 43.7 Å². The number of nitrogens with zero attached hydrogens (tertiary/aromatic N) is 1. The van der Waals surface area contributed by atoms with Gasteiger partial charge in [-0.3, -0.25) is 10.4 Å². The van der Waals surface area contributed by atoms with Gasteiger partial charge in [0.1, 0.15) is 0 Å². The van der Waals surface area contributed by atoms with E-state index in [1.54, 1.807) is 0 Å². The normalized spacial score (nSPS) is 9.00. The third-order valence-corrected chi connectivity index (χ3v) is 0. The van der Waals surface area contributed by atoms with Gasteiger partial charge in [-0.15, -0.1) is 0 Å². The molecule has 0 rings (SSSR count). The number of hydrogen-bond acceptors (Lipinski definition) is 3. The molecule has 0 heterocycles. The molecular weight excluding hydrogens is 58.0 g/mol. The molecule has 0 amide bonds. The number of rotatable bonds is 0. The van der Waals surface area contributed by atoms with E-state index in [1.807, 2.05) is 0 Å². The highest BCUT2D eigenvalue weighted by atomic mass is 16.8. The zero-order valence-corrected chi connectivity index (χ0v) is 2.34. The minimum absolute atomic E-state index is 0. The average Bonchev–Trinajstić information content (AvgIpc) is 0.811. The second kappa shape index (κ2) is 1.23. The highest BCUT2D eigenvalue weighted by Crippen LogP contribution is 1.44. The second-order valence-corrected chi connectivity index (χ2v) is 0.489. The Labute approximate surface area is 24.0 Å². The van der Waals surface area contributed by atoms with Crippen LogP contribution in [0, 0.1) is 0 Å². The minimum atomic E-state index is 0. The molecule has 2 N–H and O–H groups in total. The molecule has 0 spiro atoms. The molecule has 4 heavy (non-hydrogen) atoms. The van der Waals surface area contributed by atoms with Gasteiger partial charge in [-0.25, -0.2) is 0 Å². The molecule has 0 radical (unpaired) electrons. The SMILES string of the molecule is CN(O)O. The Kier molecular flexibility index (Phi) is 1.19. The van der Waals surface area contributed by atoms with Gasteiger partial charge in [0, 0.05) is 7.05 Å². The minimum Gasteiger partial charge on any atom is -0.290 e. The van der Waals surface area contributed by atoms with Crippen LogP contribution < -0.4 is 0 Å². The van der Waals surface area contributed by atoms with Crippen molar-refractivity contribution in [3.05, 3.63) is 0 Å². The van der Waals surface area contributed by atoms with Crippen LogP contribution in [0.4, 0.5) is 0 Å². The Morgan fingerprint density at radius 1 is 1.50 bits per heavy atom. The Morgan fingerprint density at radius 3 is 1.50 bits per heavy atom. The van der Waals surface area contributed by atoms with Crippen LogP contribution in [0.3, 0.4) is 0 Å². The monoisotopic (exact) mass is 63.0 g/mol. The van der Waals surface area contributed by atoms with Crippen molar-refractivity contribution in [3.8, 4) is 0 Å². The second-order valence-electron chi connectivity index (χ2n) is 0.489. The summed E-state index contributed by atoms with van der Waals surface area (Å²) in [4.78, 5) is 0. The van der Waals surface area contributed by atoms with Gasteiger partial charge < -0.3 is 0 Å². The van der Waals surface area contributed by atoms with Crippen LogP contribution in [0.1, 0.15) is 0 Å². The molecule has 0 bridgehead atoms. The summed E-state index contributed by atoms with van der Waals surface area (Å²) in [5.41, 5.74) is 0. The van der Waals surface area contributed by atoms with E-state index in [4.69, 9.17) is 10.4 Å².